The molecule has 0 spiro atoms. The predicted molar refractivity (Wildman–Crippen MR) is 91.3 cm³/mol. The summed E-state index contributed by atoms with van der Waals surface area (Å²) < 4.78 is 0. The van der Waals surface area contributed by atoms with E-state index >= 15 is 0 Å². The summed E-state index contributed by atoms with van der Waals surface area (Å²) >= 11 is 0. The molecule has 1 aliphatic heterocycles. The van der Waals surface area contributed by atoms with E-state index in [2.05, 4.69) is 15.4 Å². The molecule has 1 saturated carbocycles. The van der Waals surface area contributed by atoms with Crippen LogP contribution in [0.4, 0.5) is 0 Å². The minimum Gasteiger partial charge on any atom is -0.340 e. The number of fused-ring (bicyclic) bond motifs is 1. The van der Waals surface area contributed by atoms with E-state index in [4.69, 9.17) is 5.73 Å². The maximum absolute atomic E-state index is 12.5. The lowest BCUT2D eigenvalue weighted by Gasteiger charge is -2.18. The van der Waals surface area contributed by atoms with Gasteiger partial charge in [-0.1, -0.05) is 30.3 Å². The number of nitrogens with two attached hydrogens (primary N) is 1. The number of hydrogen-bond acceptors (Lipinski definition) is 5. The molecule has 1 aliphatic carbocycles. The highest BCUT2D eigenvalue weighted by atomic mass is 35.5. The second-order valence-corrected chi connectivity index (χ2v) is 6.47. The van der Waals surface area contributed by atoms with Gasteiger partial charge in [0.25, 0.3) is 0 Å². The Bertz CT molecular complexity index is 706. The number of benzene rings is 1. The van der Waals surface area contributed by atoms with Gasteiger partial charge in [-0.3, -0.25) is 4.79 Å². The van der Waals surface area contributed by atoms with Gasteiger partial charge in [0.2, 0.25) is 11.7 Å². The summed E-state index contributed by atoms with van der Waals surface area (Å²) in [6, 6.07) is 9.87. The Morgan fingerprint density at radius 3 is 2.75 bits per heavy atom. The molecule has 2 N–H and O–H groups in total. The first kappa shape index (κ1) is 16.9. The Morgan fingerprint density at radius 1 is 1.21 bits per heavy atom. The number of nitrogens with zero attached hydrogens (tertiary/aromatic N) is 5. The molecule has 3 atom stereocenters. The molecule has 1 aromatic carbocycles. The molecule has 1 aromatic heterocycles. The Balaban J connectivity index is 0.00000169. The zero-order chi connectivity index (χ0) is 15.8. The summed E-state index contributed by atoms with van der Waals surface area (Å²) in [6.45, 7) is 1.72. The average Bonchev–Trinajstić information content (AvgIpc) is 3.26. The van der Waals surface area contributed by atoms with Crippen LogP contribution in [0.3, 0.4) is 0 Å². The van der Waals surface area contributed by atoms with E-state index in [1.807, 2.05) is 35.2 Å². The van der Waals surface area contributed by atoms with Gasteiger partial charge in [-0.05, 0) is 29.9 Å². The van der Waals surface area contributed by atoms with Crippen molar-refractivity contribution in [3.8, 4) is 11.4 Å². The second-order valence-electron chi connectivity index (χ2n) is 6.47. The molecule has 1 saturated heterocycles. The van der Waals surface area contributed by atoms with E-state index in [0.29, 0.717) is 17.7 Å². The van der Waals surface area contributed by atoms with Crippen LogP contribution in [-0.2, 0) is 11.3 Å². The van der Waals surface area contributed by atoms with Crippen molar-refractivity contribution in [2.24, 2.45) is 17.6 Å². The quantitative estimate of drug-likeness (QED) is 0.892. The third-order valence-electron chi connectivity index (χ3n) is 5.03. The molecule has 4 rings (SSSR count). The molecule has 24 heavy (non-hydrogen) atoms. The fourth-order valence-corrected chi connectivity index (χ4v) is 3.75. The number of amides is 1. The van der Waals surface area contributed by atoms with Gasteiger partial charge in [-0.15, -0.1) is 22.6 Å². The Hall–Kier alpha value is -1.99. The van der Waals surface area contributed by atoms with Gasteiger partial charge >= 0.3 is 0 Å². The average molecular weight is 349 g/mol. The molecule has 3 unspecified atom stereocenters. The molecule has 8 heteroatoms. The zero-order valence-corrected chi connectivity index (χ0v) is 14.1. The Kier molecular flexibility index (Phi) is 4.82. The van der Waals surface area contributed by atoms with Crippen molar-refractivity contribution < 1.29 is 4.79 Å². The summed E-state index contributed by atoms with van der Waals surface area (Å²) in [5.74, 6) is 1.61. The van der Waals surface area contributed by atoms with Crippen molar-refractivity contribution >= 4 is 18.3 Å². The monoisotopic (exact) mass is 348 g/mol. The SMILES string of the molecule is Cl.NC1CCC2CN(C(=O)Cn3nnc(-c4ccccc4)n3)CC12. The van der Waals surface area contributed by atoms with Crippen LogP contribution in [0.15, 0.2) is 30.3 Å². The molecule has 1 amide bonds. The van der Waals surface area contributed by atoms with Crippen LogP contribution in [0.1, 0.15) is 12.8 Å². The van der Waals surface area contributed by atoms with Gasteiger partial charge in [-0.25, -0.2) is 0 Å². The van der Waals surface area contributed by atoms with Crippen molar-refractivity contribution in [2.75, 3.05) is 13.1 Å². The highest BCUT2D eigenvalue weighted by Gasteiger charge is 2.42. The van der Waals surface area contributed by atoms with E-state index in [9.17, 15) is 4.79 Å². The van der Waals surface area contributed by atoms with Crippen LogP contribution in [0.2, 0.25) is 0 Å². The molecule has 2 aliphatic rings. The van der Waals surface area contributed by atoms with E-state index in [1.54, 1.807) is 0 Å². The topological polar surface area (TPSA) is 89.9 Å². The lowest BCUT2D eigenvalue weighted by atomic mass is 9.98. The van der Waals surface area contributed by atoms with Crippen LogP contribution in [0.5, 0.6) is 0 Å². The largest absolute Gasteiger partial charge is 0.340 e. The zero-order valence-electron chi connectivity index (χ0n) is 13.3. The lowest BCUT2D eigenvalue weighted by Crippen LogP contribution is -2.35. The predicted octanol–water partition coefficient (Wildman–Crippen LogP) is 0.958. The third kappa shape index (κ3) is 3.14. The maximum atomic E-state index is 12.5. The second kappa shape index (κ2) is 6.86. The summed E-state index contributed by atoms with van der Waals surface area (Å²) in [5.41, 5.74) is 7.02. The third-order valence-corrected chi connectivity index (χ3v) is 5.03. The number of halogens is 1. The first-order chi connectivity index (χ1) is 11.2. The van der Waals surface area contributed by atoms with Crippen molar-refractivity contribution in [1.82, 2.24) is 25.1 Å². The van der Waals surface area contributed by atoms with Gasteiger partial charge in [0.1, 0.15) is 6.54 Å². The minimum atomic E-state index is 0. The van der Waals surface area contributed by atoms with Gasteiger partial charge in [0, 0.05) is 24.7 Å². The van der Waals surface area contributed by atoms with Gasteiger partial charge < -0.3 is 10.6 Å². The van der Waals surface area contributed by atoms with Crippen LogP contribution in [0, 0.1) is 11.8 Å². The molecule has 0 radical (unpaired) electrons. The number of hydrogen-bond donors (Lipinski definition) is 1. The molecule has 2 aromatic rings. The number of rotatable bonds is 3. The van der Waals surface area contributed by atoms with Crippen molar-refractivity contribution in [2.45, 2.75) is 25.4 Å². The van der Waals surface area contributed by atoms with E-state index in [0.717, 1.165) is 31.5 Å². The molecule has 0 bridgehead atoms. The maximum Gasteiger partial charge on any atom is 0.246 e. The van der Waals surface area contributed by atoms with Crippen molar-refractivity contribution in [3.63, 3.8) is 0 Å². The van der Waals surface area contributed by atoms with Crippen LogP contribution < -0.4 is 5.73 Å². The van der Waals surface area contributed by atoms with Crippen molar-refractivity contribution in [3.05, 3.63) is 30.3 Å². The number of aromatic nitrogens is 4. The van der Waals surface area contributed by atoms with Crippen molar-refractivity contribution in [1.29, 1.82) is 0 Å². The highest BCUT2D eigenvalue weighted by molar-refractivity contribution is 5.85. The lowest BCUT2D eigenvalue weighted by molar-refractivity contribution is -0.131. The standard InChI is InChI=1S/C16H20N6O.ClH/c17-14-7-6-12-8-21(9-13(12)14)15(23)10-22-19-16(18-20-22)11-4-2-1-3-5-11;/h1-5,12-14H,6-10,17H2;1H. The van der Waals surface area contributed by atoms with E-state index < -0.39 is 0 Å². The van der Waals surface area contributed by atoms with Gasteiger partial charge in [-0.2, -0.15) is 4.80 Å². The van der Waals surface area contributed by atoms with Crippen LogP contribution >= 0.6 is 12.4 Å². The number of tetrazole rings is 1. The van der Waals surface area contributed by atoms with Gasteiger partial charge in [0.05, 0.1) is 0 Å². The molecular weight excluding hydrogens is 328 g/mol. The molecular formula is C16H21ClN6O. The summed E-state index contributed by atoms with van der Waals surface area (Å²) in [4.78, 5) is 15.7. The Labute approximate surface area is 146 Å². The normalized spacial score (nSPS) is 25.4. The van der Waals surface area contributed by atoms with E-state index in [1.165, 1.54) is 4.80 Å². The van der Waals surface area contributed by atoms with Crippen LogP contribution in [-0.4, -0.2) is 50.1 Å². The minimum absolute atomic E-state index is 0. The first-order valence-corrected chi connectivity index (χ1v) is 8.07. The summed E-state index contributed by atoms with van der Waals surface area (Å²) in [5, 5.41) is 12.3. The van der Waals surface area contributed by atoms with Gasteiger partial charge in [0.15, 0.2) is 0 Å². The van der Waals surface area contributed by atoms with Crippen LogP contribution in [0.25, 0.3) is 11.4 Å². The number of carbonyl (C=O) groups is 1. The molecule has 2 fully saturated rings. The summed E-state index contributed by atoms with van der Waals surface area (Å²) in [7, 11) is 0. The van der Waals surface area contributed by atoms with E-state index in [-0.39, 0.29) is 30.9 Å². The molecule has 7 nitrogen and oxygen atoms in total. The first-order valence-electron chi connectivity index (χ1n) is 8.07. The molecule has 2 heterocycles. The summed E-state index contributed by atoms with van der Waals surface area (Å²) in [6.07, 6.45) is 2.22. The number of likely N-dealkylation sites (tertiary alicyclic amines) is 1. The Morgan fingerprint density at radius 2 is 2.00 bits per heavy atom. The number of carbonyl (C=O) groups excluding carboxylic acids is 1. The highest BCUT2D eigenvalue weighted by Crippen LogP contribution is 2.37. The fourth-order valence-electron chi connectivity index (χ4n) is 3.75. The fraction of sp³-hybridized carbons (Fsp3) is 0.500. The molecule has 128 valence electrons. The smallest absolute Gasteiger partial charge is 0.246 e.